The van der Waals surface area contributed by atoms with E-state index in [0.29, 0.717) is 0 Å². The highest BCUT2D eigenvalue weighted by molar-refractivity contribution is 5.67. The number of hydrogen-bond donors (Lipinski definition) is 1. The number of aryl methyl sites for hydroxylation is 1. The Balaban J connectivity index is 2.22. The highest BCUT2D eigenvalue weighted by Gasteiger charge is 2.08. The van der Waals surface area contributed by atoms with Gasteiger partial charge in [0.05, 0.1) is 11.7 Å². The van der Waals surface area contributed by atoms with Crippen molar-refractivity contribution in [2.24, 2.45) is 0 Å². The summed E-state index contributed by atoms with van der Waals surface area (Å²) < 4.78 is 2.11. The van der Waals surface area contributed by atoms with E-state index >= 15 is 0 Å². The van der Waals surface area contributed by atoms with Crippen LogP contribution in [-0.2, 0) is 0 Å². The number of aromatic nitrogens is 2. The van der Waals surface area contributed by atoms with Gasteiger partial charge in [-0.05, 0) is 24.6 Å². The first-order valence-corrected chi connectivity index (χ1v) is 6.00. The lowest BCUT2D eigenvalue weighted by molar-refractivity contribution is 1.15. The maximum Gasteiger partial charge on any atom is 0.144 e. The SMILES string of the molecule is CNc1ccn2c(-c3ccccc3C)ncc2c1. The summed E-state index contributed by atoms with van der Waals surface area (Å²) in [4.78, 5) is 4.54. The molecule has 0 saturated carbocycles. The minimum atomic E-state index is 0.991. The van der Waals surface area contributed by atoms with E-state index in [2.05, 4.69) is 52.1 Å². The highest BCUT2D eigenvalue weighted by atomic mass is 15.0. The van der Waals surface area contributed by atoms with E-state index in [1.807, 2.05) is 25.4 Å². The quantitative estimate of drug-likeness (QED) is 0.740. The Morgan fingerprint density at radius 1 is 1.17 bits per heavy atom. The van der Waals surface area contributed by atoms with Crippen molar-refractivity contribution in [1.29, 1.82) is 0 Å². The van der Waals surface area contributed by atoms with Crippen LogP contribution in [-0.4, -0.2) is 16.4 Å². The number of pyridine rings is 1. The fourth-order valence-corrected chi connectivity index (χ4v) is 2.18. The van der Waals surface area contributed by atoms with Crippen LogP contribution in [0.4, 0.5) is 5.69 Å². The average Bonchev–Trinajstić information content (AvgIpc) is 2.82. The molecule has 1 N–H and O–H groups in total. The number of hydrogen-bond acceptors (Lipinski definition) is 2. The zero-order valence-electron chi connectivity index (χ0n) is 10.5. The highest BCUT2D eigenvalue weighted by Crippen LogP contribution is 2.24. The van der Waals surface area contributed by atoms with Gasteiger partial charge < -0.3 is 5.32 Å². The van der Waals surface area contributed by atoms with E-state index in [1.165, 1.54) is 11.1 Å². The van der Waals surface area contributed by atoms with Gasteiger partial charge in [-0.15, -0.1) is 0 Å². The molecule has 18 heavy (non-hydrogen) atoms. The van der Waals surface area contributed by atoms with E-state index in [0.717, 1.165) is 17.0 Å². The number of rotatable bonds is 2. The molecule has 0 unspecified atom stereocenters. The van der Waals surface area contributed by atoms with Crippen LogP contribution in [0.15, 0.2) is 48.8 Å². The molecule has 3 rings (SSSR count). The summed E-state index contributed by atoms with van der Waals surface area (Å²) in [5, 5.41) is 3.14. The van der Waals surface area contributed by atoms with Crippen molar-refractivity contribution in [2.45, 2.75) is 6.92 Å². The van der Waals surface area contributed by atoms with Crippen LogP contribution >= 0.6 is 0 Å². The number of anilines is 1. The molecule has 0 spiro atoms. The lowest BCUT2D eigenvalue weighted by Gasteiger charge is -2.06. The van der Waals surface area contributed by atoms with E-state index in [4.69, 9.17) is 0 Å². The monoisotopic (exact) mass is 237 g/mol. The predicted molar refractivity (Wildman–Crippen MR) is 74.9 cm³/mol. The number of fused-ring (bicyclic) bond motifs is 1. The molecule has 0 fully saturated rings. The van der Waals surface area contributed by atoms with Crippen molar-refractivity contribution in [1.82, 2.24) is 9.38 Å². The van der Waals surface area contributed by atoms with E-state index in [9.17, 15) is 0 Å². The fraction of sp³-hybridized carbons (Fsp3) is 0.133. The van der Waals surface area contributed by atoms with Gasteiger partial charge in [-0.2, -0.15) is 0 Å². The van der Waals surface area contributed by atoms with Gasteiger partial charge in [0.25, 0.3) is 0 Å². The summed E-state index contributed by atoms with van der Waals surface area (Å²) in [6.45, 7) is 2.11. The third-order valence-electron chi connectivity index (χ3n) is 3.21. The molecule has 3 heteroatoms. The molecule has 0 amide bonds. The van der Waals surface area contributed by atoms with Crippen LogP contribution in [0.1, 0.15) is 5.56 Å². The van der Waals surface area contributed by atoms with Crippen molar-refractivity contribution < 1.29 is 0 Å². The predicted octanol–water partition coefficient (Wildman–Crippen LogP) is 3.35. The van der Waals surface area contributed by atoms with Crippen molar-refractivity contribution in [2.75, 3.05) is 12.4 Å². The van der Waals surface area contributed by atoms with E-state index in [1.54, 1.807) is 0 Å². The number of imidazole rings is 1. The second-order valence-corrected chi connectivity index (χ2v) is 4.36. The fourth-order valence-electron chi connectivity index (χ4n) is 2.18. The van der Waals surface area contributed by atoms with Crippen molar-refractivity contribution in [3.8, 4) is 11.4 Å². The molecule has 0 aliphatic heterocycles. The molecule has 0 aliphatic carbocycles. The summed E-state index contributed by atoms with van der Waals surface area (Å²) in [5.74, 6) is 0.991. The summed E-state index contributed by atoms with van der Waals surface area (Å²) in [5.41, 5.74) is 4.61. The van der Waals surface area contributed by atoms with E-state index in [-0.39, 0.29) is 0 Å². The third kappa shape index (κ3) is 1.64. The average molecular weight is 237 g/mol. The Labute approximate surface area is 106 Å². The smallest absolute Gasteiger partial charge is 0.144 e. The Bertz CT molecular complexity index is 698. The first kappa shape index (κ1) is 10.8. The topological polar surface area (TPSA) is 29.3 Å². The molecule has 0 radical (unpaired) electrons. The van der Waals surface area contributed by atoms with Crippen LogP contribution in [0.3, 0.4) is 0 Å². The summed E-state index contributed by atoms with van der Waals surface area (Å²) in [7, 11) is 1.92. The summed E-state index contributed by atoms with van der Waals surface area (Å²) in [6.07, 6.45) is 3.96. The molecule has 3 aromatic rings. The first-order chi connectivity index (χ1) is 8.79. The minimum Gasteiger partial charge on any atom is -0.388 e. The molecule has 0 atom stereocenters. The van der Waals surface area contributed by atoms with Crippen LogP contribution < -0.4 is 5.32 Å². The number of nitrogens with one attached hydrogen (secondary N) is 1. The molecule has 3 nitrogen and oxygen atoms in total. The Kier molecular flexibility index (Phi) is 2.52. The zero-order valence-corrected chi connectivity index (χ0v) is 10.5. The molecular formula is C15H15N3. The maximum absolute atomic E-state index is 4.54. The second kappa shape index (κ2) is 4.18. The molecule has 90 valence electrons. The molecule has 0 bridgehead atoms. The lowest BCUT2D eigenvalue weighted by Crippen LogP contribution is -1.93. The van der Waals surface area contributed by atoms with Crippen LogP contribution in [0.5, 0.6) is 0 Å². The zero-order chi connectivity index (χ0) is 12.5. The van der Waals surface area contributed by atoms with Crippen molar-refractivity contribution in [3.05, 3.63) is 54.4 Å². The summed E-state index contributed by atoms with van der Waals surface area (Å²) >= 11 is 0. The normalized spacial score (nSPS) is 10.8. The maximum atomic E-state index is 4.54. The lowest BCUT2D eigenvalue weighted by atomic mass is 10.1. The van der Waals surface area contributed by atoms with Gasteiger partial charge >= 0.3 is 0 Å². The molecule has 2 aromatic heterocycles. The van der Waals surface area contributed by atoms with Gasteiger partial charge in [0.2, 0.25) is 0 Å². The Morgan fingerprint density at radius 2 is 2.00 bits per heavy atom. The van der Waals surface area contributed by atoms with Gasteiger partial charge in [0.15, 0.2) is 0 Å². The van der Waals surface area contributed by atoms with Gasteiger partial charge in [-0.25, -0.2) is 4.98 Å². The van der Waals surface area contributed by atoms with E-state index < -0.39 is 0 Å². The Hall–Kier alpha value is -2.29. The number of nitrogens with zero attached hydrogens (tertiary/aromatic N) is 2. The second-order valence-electron chi connectivity index (χ2n) is 4.36. The molecular weight excluding hydrogens is 222 g/mol. The molecule has 0 aliphatic rings. The van der Waals surface area contributed by atoms with Gasteiger partial charge in [0.1, 0.15) is 5.82 Å². The third-order valence-corrected chi connectivity index (χ3v) is 3.21. The van der Waals surface area contributed by atoms with Crippen LogP contribution in [0.2, 0.25) is 0 Å². The molecule has 1 aromatic carbocycles. The largest absolute Gasteiger partial charge is 0.388 e. The van der Waals surface area contributed by atoms with Gasteiger partial charge in [-0.1, -0.05) is 24.3 Å². The van der Waals surface area contributed by atoms with Crippen LogP contribution in [0.25, 0.3) is 16.9 Å². The molecule has 0 saturated heterocycles. The minimum absolute atomic E-state index is 0.991. The Morgan fingerprint density at radius 3 is 2.78 bits per heavy atom. The first-order valence-electron chi connectivity index (χ1n) is 6.00. The van der Waals surface area contributed by atoms with Gasteiger partial charge in [-0.3, -0.25) is 4.40 Å². The number of benzene rings is 1. The van der Waals surface area contributed by atoms with Crippen molar-refractivity contribution in [3.63, 3.8) is 0 Å². The van der Waals surface area contributed by atoms with Crippen molar-refractivity contribution >= 4 is 11.2 Å². The van der Waals surface area contributed by atoms with Crippen LogP contribution in [0, 0.1) is 6.92 Å². The molecule has 2 heterocycles. The standard InChI is InChI=1S/C15H15N3/c1-11-5-3-4-6-14(11)15-17-10-13-9-12(16-2)7-8-18(13)15/h3-10,16H,1-2H3. The van der Waals surface area contributed by atoms with Gasteiger partial charge in [0, 0.05) is 24.5 Å². The summed E-state index contributed by atoms with van der Waals surface area (Å²) in [6, 6.07) is 12.5.